The molecule has 0 radical (unpaired) electrons. The molecule has 0 saturated carbocycles. The molecule has 0 atom stereocenters. The first-order valence-electron chi connectivity index (χ1n) is 7.99. The van der Waals surface area contributed by atoms with Crippen LogP contribution in [-0.4, -0.2) is 46.0 Å². The van der Waals surface area contributed by atoms with E-state index in [1.54, 1.807) is 29.6 Å². The summed E-state index contributed by atoms with van der Waals surface area (Å²) in [5.41, 5.74) is 2.00. The number of benzene rings is 2. The monoisotopic (exact) mass is 346 g/mol. The van der Waals surface area contributed by atoms with Crippen LogP contribution in [0.5, 0.6) is 0 Å². The first-order chi connectivity index (χ1) is 11.6. The molecule has 24 heavy (non-hydrogen) atoms. The van der Waals surface area contributed by atoms with Crippen molar-refractivity contribution in [3.63, 3.8) is 0 Å². The molecule has 1 fully saturated rings. The lowest BCUT2D eigenvalue weighted by molar-refractivity contribution is 0.184. The predicted molar refractivity (Wildman–Crippen MR) is 94.6 cm³/mol. The van der Waals surface area contributed by atoms with E-state index in [1.807, 2.05) is 24.3 Å². The zero-order valence-electron chi connectivity index (χ0n) is 13.8. The Kier molecular flexibility index (Phi) is 5.18. The average molecular weight is 346 g/mol. The van der Waals surface area contributed by atoms with Gasteiger partial charge >= 0.3 is 0 Å². The van der Waals surface area contributed by atoms with Gasteiger partial charge < -0.3 is 9.64 Å². The molecule has 0 unspecified atom stereocenters. The van der Waals surface area contributed by atoms with E-state index in [-0.39, 0.29) is 0 Å². The van der Waals surface area contributed by atoms with Gasteiger partial charge in [-0.1, -0.05) is 30.3 Å². The van der Waals surface area contributed by atoms with Gasteiger partial charge in [0, 0.05) is 39.0 Å². The van der Waals surface area contributed by atoms with Crippen LogP contribution in [0.1, 0.15) is 5.56 Å². The number of hydrogen-bond acceptors (Lipinski definition) is 4. The van der Waals surface area contributed by atoms with Crippen LogP contribution in [0.15, 0.2) is 59.5 Å². The summed E-state index contributed by atoms with van der Waals surface area (Å²) in [5.74, 6) is 0. The number of hydrogen-bond donors (Lipinski definition) is 0. The molecular formula is C18H22N2O3S. The van der Waals surface area contributed by atoms with Crippen LogP contribution in [0, 0.1) is 0 Å². The summed E-state index contributed by atoms with van der Waals surface area (Å²) in [6.07, 6.45) is 0. The highest BCUT2D eigenvalue weighted by atomic mass is 32.2. The summed E-state index contributed by atoms with van der Waals surface area (Å²) in [6.45, 7) is 2.78. The standard InChI is InChI=1S/C18H22N2O3S/c1-23-15-16-6-5-9-18(14-16)24(21,22)20-12-10-19(11-13-20)17-7-3-2-4-8-17/h2-9,14H,10-13,15H2,1H3. The molecule has 0 aliphatic carbocycles. The Bertz CT molecular complexity index is 770. The molecule has 1 aliphatic heterocycles. The third kappa shape index (κ3) is 3.61. The van der Waals surface area contributed by atoms with Crippen molar-refractivity contribution in [2.75, 3.05) is 38.2 Å². The second-order valence-electron chi connectivity index (χ2n) is 5.81. The maximum absolute atomic E-state index is 12.9. The molecule has 0 aromatic heterocycles. The van der Waals surface area contributed by atoms with Crippen molar-refractivity contribution in [2.45, 2.75) is 11.5 Å². The third-order valence-corrected chi connectivity index (χ3v) is 6.10. The summed E-state index contributed by atoms with van der Waals surface area (Å²) >= 11 is 0. The van der Waals surface area contributed by atoms with E-state index in [0.717, 1.165) is 11.3 Å². The van der Waals surface area contributed by atoms with Crippen molar-refractivity contribution in [2.24, 2.45) is 0 Å². The van der Waals surface area contributed by atoms with Gasteiger partial charge in [-0.2, -0.15) is 4.31 Å². The Morgan fingerprint density at radius 2 is 1.67 bits per heavy atom. The Balaban J connectivity index is 1.72. The molecule has 0 amide bonds. The minimum Gasteiger partial charge on any atom is -0.380 e. The lowest BCUT2D eigenvalue weighted by atomic mass is 10.2. The third-order valence-electron chi connectivity index (χ3n) is 4.21. The molecule has 3 rings (SSSR count). The summed E-state index contributed by atoms with van der Waals surface area (Å²) in [7, 11) is -1.86. The van der Waals surface area contributed by atoms with Gasteiger partial charge in [0.25, 0.3) is 0 Å². The average Bonchev–Trinajstić information content (AvgIpc) is 2.63. The number of methoxy groups -OCH3 is 1. The van der Waals surface area contributed by atoms with Crippen molar-refractivity contribution < 1.29 is 13.2 Å². The van der Waals surface area contributed by atoms with E-state index in [9.17, 15) is 8.42 Å². The van der Waals surface area contributed by atoms with Gasteiger partial charge in [-0.05, 0) is 29.8 Å². The minimum absolute atomic E-state index is 0.338. The van der Waals surface area contributed by atoms with Crippen LogP contribution >= 0.6 is 0 Å². The molecule has 1 aliphatic rings. The van der Waals surface area contributed by atoms with Crippen LogP contribution in [0.2, 0.25) is 0 Å². The number of rotatable bonds is 5. The largest absolute Gasteiger partial charge is 0.380 e. The summed E-state index contributed by atoms with van der Waals surface area (Å²) in [6, 6.07) is 17.1. The van der Waals surface area contributed by atoms with E-state index in [1.165, 1.54) is 0 Å². The highest BCUT2D eigenvalue weighted by Crippen LogP contribution is 2.21. The smallest absolute Gasteiger partial charge is 0.243 e. The van der Waals surface area contributed by atoms with Gasteiger partial charge in [0.15, 0.2) is 0 Å². The van der Waals surface area contributed by atoms with Gasteiger partial charge in [-0.3, -0.25) is 0 Å². The molecule has 2 aromatic carbocycles. The highest BCUT2D eigenvalue weighted by Gasteiger charge is 2.28. The Hall–Kier alpha value is -1.89. The Morgan fingerprint density at radius 3 is 2.33 bits per heavy atom. The summed E-state index contributed by atoms with van der Waals surface area (Å²) < 4.78 is 32.4. The normalized spacial score (nSPS) is 16.3. The van der Waals surface area contributed by atoms with Crippen LogP contribution in [-0.2, 0) is 21.4 Å². The van der Waals surface area contributed by atoms with Crippen molar-refractivity contribution >= 4 is 15.7 Å². The van der Waals surface area contributed by atoms with Gasteiger partial charge in [0.05, 0.1) is 11.5 Å². The second-order valence-corrected chi connectivity index (χ2v) is 7.75. The summed E-state index contributed by atoms with van der Waals surface area (Å²) in [4.78, 5) is 2.55. The highest BCUT2D eigenvalue weighted by molar-refractivity contribution is 7.89. The van der Waals surface area contributed by atoms with Gasteiger partial charge in [0.1, 0.15) is 0 Å². The molecular weight excluding hydrogens is 324 g/mol. The zero-order valence-corrected chi connectivity index (χ0v) is 14.6. The van der Waals surface area contributed by atoms with Crippen LogP contribution in [0.25, 0.3) is 0 Å². The Labute approximate surface area is 143 Å². The van der Waals surface area contributed by atoms with E-state index in [0.29, 0.717) is 37.7 Å². The molecule has 0 spiro atoms. The van der Waals surface area contributed by atoms with Crippen LogP contribution in [0.4, 0.5) is 5.69 Å². The maximum atomic E-state index is 12.9. The fourth-order valence-corrected chi connectivity index (χ4v) is 4.43. The molecule has 2 aromatic rings. The lowest BCUT2D eigenvalue weighted by Crippen LogP contribution is -2.48. The van der Waals surface area contributed by atoms with Crippen molar-refractivity contribution in [1.29, 1.82) is 0 Å². The van der Waals surface area contributed by atoms with E-state index in [4.69, 9.17) is 4.74 Å². The molecule has 1 heterocycles. The molecule has 6 heteroatoms. The van der Waals surface area contributed by atoms with E-state index >= 15 is 0 Å². The lowest BCUT2D eigenvalue weighted by Gasteiger charge is -2.35. The molecule has 0 bridgehead atoms. The minimum atomic E-state index is -3.46. The fourth-order valence-electron chi connectivity index (χ4n) is 2.94. The van der Waals surface area contributed by atoms with E-state index in [2.05, 4.69) is 17.0 Å². The molecule has 1 saturated heterocycles. The maximum Gasteiger partial charge on any atom is 0.243 e. The number of anilines is 1. The van der Waals surface area contributed by atoms with Crippen molar-refractivity contribution in [1.82, 2.24) is 4.31 Å². The number of sulfonamides is 1. The van der Waals surface area contributed by atoms with Crippen molar-refractivity contribution in [3.8, 4) is 0 Å². The fraction of sp³-hybridized carbons (Fsp3) is 0.333. The SMILES string of the molecule is COCc1cccc(S(=O)(=O)N2CCN(c3ccccc3)CC2)c1. The van der Waals surface area contributed by atoms with Gasteiger partial charge in [-0.25, -0.2) is 8.42 Å². The first-order valence-corrected chi connectivity index (χ1v) is 9.43. The molecule has 128 valence electrons. The first kappa shape index (κ1) is 17.0. The molecule has 5 nitrogen and oxygen atoms in total. The predicted octanol–water partition coefficient (Wildman–Crippen LogP) is 2.34. The topological polar surface area (TPSA) is 49.9 Å². The summed E-state index contributed by atoms with van der Waals surface area (Å²) in [5, 5.41) is 0. The number of nitrogens with zero attached hydrogens (tertiary/aromatic N) is 2. The van der Waals surface area contributed by atoms with Crippen LogP contribution in [0.3, 0.4) is 0 Å². The van der Waals surface area contributed by atoms with Crippen molar-refractivity contribution in [3.05, 3.63) is 60.2 Å². The number of piperazine rings is 1. The second kappa shape index (κ2) is 7.34. The van der Waals surface area contributed by atoms with Gasteiger partial charge in [0.2, 0.25) is 10.0 Å². The number of para-hydroxylation sites is 1. The van der Waals surface area contributed by atoms with E-state index < -0.39 is 10.0 Å². The zero-order chi connectivity index (χ0) is 17.0. The molecule has 0 N–H and O–H groups in total. The number of ether oxygens (including phenoxy) is 1. The Morgan fingerprint density at radius 1 is 0.958 bits per heavy atom. The van der Waals surface area contributed by atoms with Gasteiger partial charge in [-0.15, -0.1) is 0 Å². The van der Waals surface area contributed by atoms with Crippen LogP contribution < -0.4 is 4.90 Å². The quantitative estimate of drug-likeness (QED) is 0.834.